The number of hydrogen-bond acceptors (Lipinski definition) is 3. The van der Waals surface area contributed by atoms with Crippen LogP contribution in [0.25, 0.3) is 0 Å². The van der Waals surface area contributed by atoms with E-state index in [1.165, 1.54) is 0 Å². The van der Waals surface area contributed by atoms with Crippen LogP contribution in [0.1, 0.15) is 32.4 Å². The molecule has 1 aliphatic rings. The number of aromatic nitrogens is 2. The summed E-state index contributed by atoms with van der Waals surface area (Å²) in [5.74, 6) is -0.726. The normalized spacial score (nSPS) is 24.1. The van der Waals surface area contributed by atoms with Crippen LogP contribution in [0.2, 0.25) is 0 Å². The van der Waals surface area contributed by atoms with Crippen molar-refractivity contribution < 1.29 is 9.90 Å². The largest absolute Gasteiger partial charge is 0.480 e. The molecule has 0 amide bonds. The molecule has 0 spiro atoms. The summed E-state index contributed by atoms with van der Waals surface area (Å²) >= 11 is 0. The number of nitrogens with zero attached hydrogens (tertiary/aromatic N) is 3. The Morgan fingerprint density at radius 2 is 2.33 bits per heavy atom. The molecule has 1 aliphatic heterocycles. The molecule has 5 nitrogen and oxygen atoms in total. The van der Waals surface area contributed by atoms with Crippen molar-refractivity contribution in [1.82, 2.24) is 14.7 Å². The van der Waals surface area contributed by atoms with E-state index in [1.807, 2.05) is 38.1 Å². The van der Waals surface area contributed by atoms with E-state index >= 15 is 0 Å². The Balaban J connectivity index is 2.17. The lowest BCUT2D eigenvalue weighted by molar-refractivity contribution is -0.151. The van der Waals surface area contributed by atoms with Gasteiger partial charge in [-0.15, -0.1) is 0 Å². The maximum Gasteiger partial charge on any atom is 0.321 e. The van der Waals surface area contributed by atoms with Crippen molar-refractivity contribution in [2.24, 2.45) is 12.5 Å². The fraction of sp³-hybridized carbons (Fsp3) is 0.692. The topological polar surface area (TPSA) is 58.4 Å². The number of aryl methyl sites for hydroxylation is 1. The lowest BCUT2D eigenvalue weighted by Crippen LogP contribution is -2.53. The molecule has 0 bridgehead atoms. The van der Waals surface area contributed by atoms with Gasteiger partial charge < -0.3 is 5.11 Å². The van der Waals surface area contributed by atoms with Crippen molar-refractivity contribution in [1.29, 1.82) is 0 Å². The zero-order valence-electron chi connectivity index (χ0n) is 11.3. The second kappa shape index (κ2) is 4.72. The van der Waals surface area contributed by atoms with E-state index in [4.69, 9.17) is 0 Å². The smallest absolute Gasteiger partial charge is 0.321 e. The first-order valence-corrected chi connectivity index (χ1v) is 6.35. The van der Waals surface area contributed by atoms with Crippen molar-refractivity contribution in [2.45, 2.75) is 39.3 Å². The van der Waals surface area contributed by atoms with Gasteiger partial charge in [0, 0.05) is 19.8 Å². The Labute approximate surface area is 107 Å². The van der Waals surface area contributed by atoms with Crippen LogP contribution in [0.4, 0.5) is 0 Å². The average molecular weight is 251 g/mol. The minimum atomic E-state index is -0.726. The van der Waals surface area contributed by atoms with Gasteiger partial charge in [-0.3, -0.25) is 14.4 Å². The van der Waals surface area contributed by atoms with E-state index < -0.39 is 12.0 Å². The molecule has 2 rings (SSSR count). The Bertz CT molecular complexity index is 439. The van der Waals surface area contributed by atoms with Crippen LogP contribution >= 0.6 is 0 Å². The minimum Gasteiger partial charge on any atom is -0.480 e. The van der Waals surface area contributed by atoms with Crippen LogP contribution in [0.5, 0.6) is 0 Å². The summed E-state index contributed by atoms with van der Waals surface area (Å²) in [6.07, 6.45) is 3.90. The van der Waals surface area contributed by atoms with Crippen molar-refractivity contribution in [3.8, 4) is 0 Å². The summed E-state index contributed by atoms with van der Waals surface area (Å²) in [7, 11) is 1.87. The van der Waals surface area contributed by atoms with Crippen LogP contribution in [-0.2, 0) is 18.4 Å². The van der Waals surface area contributed by atoms with Gasteiger partial charge in [-0.05, 0) is 30.9 Å². The average Bonchev–Trinajstić information content (AvgIpc) is 2.61. The summed E-state index contributed by atoms with van der Waals surface area (Å²) in [6.45, 7) is 5.52. The third-order valence-corrected chi connectivity index (χ3v) is 3.74. The zero-order chi connectivity index (χ0) is 13.3. The fourth-order valence-corrected chi connectivity index (χ4v) is 2.91. The van der Waals surface area contributed by atoms with Crippen molar-refractivity contribution in [3.63, 3.8) is 0 Å². The molecule has 1 saturated heterocycles. The van der Waals surface area contributed by atoms with E-state index in [0.717, 1.165) is 25.1 Å². The summed E-state index contributed by atoms with van der Waals surface area (Å²) < 4.78 is 1.75. The number of aliphatic carboxylic acids is 1. The predicted octanol–water partition coefficient (Wildman–Crippen LogP) is 1.50. The Morgan fingerprint density at radius 1 is 1.61 bits per heavy atom. The van der Waals surface area contributed by atoms with E-state index in [1.54, 1.807) is 4.68 Å². The SMILES string of the molecule is Cn1ccc(CN2CCCC(C)(C)C2C(=O)O)n1. The first-order valence-electron chi connectivity index (χ1n) is 6.35. The highest BCUT2D eigenvalue weighted by atomic mass is 16.4. The van der Waals surface area contributed by atoms with E-state index in [0.29, 0.717) is 6.54 Å². The van der Waals surface area contributed by atoms with Crippen LogP contribution in [0.3, 0.4) is 0 Å². The molecule has 1 fully saturated rings. The third-order valence-electron chi connectivity index (χ3n) is 3.74. The molecular weight excluding hydrogens is 230 g/mol. The van der Waals surface area contributed by atoms with Gasteiger partial charge in [-0.2, -0.15) is 5.10 Å². The maximum absolute atomic E-state index is 11.5. The van der Waals surface area contributed by atoms with E-state index in [9.17, 15) is 9.90 Å². The molecular formula is C13H21N3O2. The van der Waals surface area contributed by atoms with Crippen LogP contribution in [0.15, 0.2) is 12.3 Å². The number of piperidine rings is 1. The van der Waals surface area contributed by atoms with Gasteiger partial charge >= 0.3 is 5.97 Å². The molecule has 100 valence electrons. The van der Waals surface area contributed by atoms with Crippen LogP contribution < -0.4 is 0 Å². The fourth-order valence-electron chi connectivity index (χ4n) is 2.91. The van der Waals surface area contributed by atoms with Crippen LogP contribution in [-0.4, -0.2) is 38.3 Å². The summed E-state index contributed by atoms with van der Waals surface area (Å²) in [4.78, 5) is 13.5. The minimum absolute atomic E-state index is 0.182. The van der Waals surface area contributed by atoms with Gasteiger partial charge in [-0.25, -0.2) is 0 Å². The highest BCUT2D eigenvalue weighted by molar-refractivity contribution is 5.74. The highest BCUT2D eigenvalue weighted by Crippen LogP contribution is 2.35. The molecule has 18 heavy (non-hydrogen) atoms. The number of hydrogen-bond donors (Lipinski definition) is 1. The van der Waals surface area contributed by atoms with Gasteiger partial charge in [0.15, 0.2) is 0 Å². The molecule has 1 unspecified atom stereocenters. The molecule has 0 radical (unpaired) electrons. The van der Waals surface area contributed by atoms with E-state index in [2.05, 4.69) is 5.10 Å². The monoisotopic (exact) mass is 251 g/mol. The van der Waals surface area contributed by atoms with Gasteiger partial charge in [0.1, 0.15) is 6.04 Å². The third kappa shape index (κ3) is 2.56. The first-order chi connectivity index (χ1) is 8.40. The predicted molar refractivity (Wildman–Crippen MR) is 68.1 cm³/mol. The van der Waals surface area contributed by atoms with Gasteiger partial charge in [0.25, 0.3) is 0 Å². The first kappa shape index (κ1) is 13.1. The standard InChI is InChI=1S/C13H21N3O2/c1-13(2)6-4-7-16(11(13)12(17)18)9-10-5-8-15(3)14-10/h5,8,11H,4,6-7,9H2,1-3H3,(H,17,18). The highest BCUT2D eigenvalue weighted by Gasteiger charge is 2.42. The number of carbonyl (C=O) groups is 1. The van der Waals surface area contributed by atoms with Crippen molar-refractivity contribution in [2.75, 3.05) is 6.54 Å². The lowest BCUT2D eigenvalue weighted by atomic mass is 9.76. The molecule has 1 N–H and O–H groups in total. The molecule has 1 aromatic heterocycles. The summed E-state index contributed by atoms with van der Waals surface area (Å²) in [6, 6.07) is 1.52. The zero-order valence-corrected chi connectivity index (χ0v) is 11.3. The summed E-state index contributed by atoms with van der Waals surface area (Å²) in [5, 5.41) is 13.8. The Hall–Kier alpha value is -1.36. The van der Waals surface area contributed by atoms with Crippen LogP contribution in [0, 0.1) is 5.41 Å². The second-order valence-corrected chi connectivity index (χ2v) is 5.78. The van der Waals surface area contributed by atoms with Gasteiger partial charge in [0.05, 0.1) is 5.69 Å². The van der Waals surface area contributed by atoms with Crippen molar-refractivity contribution in [3.05, 3.63) is 18.0 Å². The quantitative estimate of drug-likeness (QED) is 0.884. The molecule has 5 heteroatoms. The second-order valence-electron chi connectivity index (χ2n) is 5.78. The van der Waals surface area contributed by atoms with Gasteiger partial charge in [0.2, 0.25) is 0 Å². The lowest BCUT2D eigenvalue weighted by Gasteiger charge is -2.43. The number of rotatable bonds is 3. The van der Waals surface area contributed by atoms with Gasteiger partial charge in [-0.1, -0.05) is 13.8 Å². The molecule has 0 aliphatic carbocycles. The molecule has 1 atom stereocenters. The molecule has 0 aromatic carbocycles. The van der Waals surface area contributed by atoms with E-state index in [-0.39, 0.29) is 5.41 Å². The molecule has 1 aromatic rings. The summed E-state index contributed by atoms with van der Waals surface area (Å²) in [5.41, 5.74) is 0.750. The number of likely N-dealkylation sites (tertiary alicyclic amines) is 1. The number of carboxylic acids is 1. The van der Waals surface area contributed by atoms with Crippen molar-refractivity contribution >= 4 is 5.97 Å². The maximum atomic E-state index is 11.5. The Kier molecular flexibility index (Phi) is 3.43. The Morgan fingerprint density at radius 3 is 2.89 bits per heavy atom. The molecule has 0 saturated carbocycles. The molecule has 2 heterocycles. The number of carboxylic acid groups (broad SMARTS) is 1.